The van der Waals surface area contributed by atoms with Gasteiger partial charge in [-0.2, -0.15) is 0 Å². The number of nitrogens with zero attached hydrogens (tertiary/aromatic N) is 2. The molecule has 0 N–H and O–H groups in total. The third-order valence-corrected chi connectivity index (χ3v) is 12.2. The third kappa shape index (κ3) is 5.66. The number of hydrogen-bond acceptors (Lipinski definition) is 2. The van der Waals surface area contributed by atoms with Crippen LogP contribution in [0.1, 0.15) is 0 Å². The molecule has 0 aliphatic rings. The van der Waals surface area contributed by atoms with Gasteiger partial charge >= 0.3 is 0 Å². The molecule has 0 saturated carbocycles. The zero-order valence-corrected chi connectivity index (χ0v) is 33.2. The minimum atomic E-state index is 0.892. The van der Waals surface area contributed by atoms with Crippen LogP contribution in [0.3, 0.4) is 0 Å². The number of benzene rings is 10. The van der Waals surface area contributed by atoms with Gasteiger partial charge < -0.3 is 13.9 Å². The molecule has 0 aliphatic carbocycles. The average molecular weight is 779 g/mol. The first kappa shape index (κ1) is 34.9. The fraction of sp³-hybridized carbons (Fsp3) is 0. The number of fused-ring (bicyclic) bond motifs is 7. The predicted octanol–water partition coefficient (Wildman–Crippen LogP) is 16.3. The Kier molecular flexibility index (Phi) is 8.17. The van der Waals surface area contributed by atoms with Crippen LogP contribution in [0.2, 0.25) is 0 Å². The molecule has 0 atom stereocenters. The monoisotopic (exact) mass is 778 g/mol. The van der Waals surface area contributed by atoms with Crippen molar-refractivity contribution in [3.63, 3.8) is 0 Å². The summed E-state index contributed by atoms with van der Waals surface area (Å²) >= 11 is 0. The molecule has 12 aromatic rings. The van der Waals surface area contributed by atoms with Crippen LogP contribution in [-0.2, 0) is 0 Å². The van der Waals surface area contributed by atoms with E-state index in [1.54, 1.807) is 0 Å². The average Bonchev–Trinajstić information content (AvgIpc) is 3.89. The quantitative estimate of drug-likeness (QED) is 0.161. The highest BCUT2D eigenvalue weighted by Gasteiger charge is 2.26. The Morgan fingerprint density at radius 3 is 1.75 bits per heavy atom. The largest absolute Gasteiger partial charge is 0.455 e. The second-order valence-electron chi connectivity index (χ2n) is 15.6. The minimum Gasteiger partial charge on any atom is -0.455 e. The van der Waals surface area contributed by atoms with Crippen LogP contribution in [0.25, 0.3) is 93.6 Å². The second-order valence-corrected chi connectivity index (χ2v) is 15.6. The first-order valence-corrected chi connectivity index (χ1v) is 20.9. The van der Waals surface area contributed by atoms with Crippen LogP contribution in [0, 0.1) is 0 Å². The van der Waals surface area contributed by atoms with E-state index in [1.807, 2.05) is 6.07 Å². The molecule has 286 valence electrons. The van der Waals surface area contributed by atoms with Crippen molar-refractivity contribution in [1.82, 2.24) is 4.57 Å². The van der Waals surface area contributed by atoms with Gasteiger partial charge in [-0.1, -0.05) is 182 Å². The van der Waals surface area contributed by atoms with Crippen LogP contribution in [0.15, 0.2) is 235 Å². The number of anilines is 3. The Labute approximate surface area is 353 Å². The van der Waals surface area contributed by atoms with Crippen LogP contribution in [0.5, 0.6) is 0 Å². The van der Waals surface area contributed by atoms with Crippen molar-refractivity contribution in [3.05, 3.63) is 231 Å². The standard InChI is InChI=1S/C58H38N2O/c1-2-19-40(20-3-1)43-22-6-11-29-50(43)59(51-30-12-7-23-44(51)42-37-36-39-18-4-5-21-41(39)38-42)54-33-17-34-55-57(54)49-26-9-14-32-53(49)60(55)52-31-13-8-24-45(52)47-27-16-28-48-46-25-10-15-35-56(46)61-58(47)48/h1-38H. The fourth-order valence-corrected chi connectivity index (χ4v) is 9.49. The van der Waals surface area contributed by atoms with Crippen LogP contribution in [0.4, 0.5) is 17.1 Å². The lowest BCUT2D eigenvalue weighted by Crippen LogP contribution is -2.13. The van der Waals surface area contributed by atoms with Crippen molar-refractivity contribution in [2.45, 2.75) is 0 Å². The molecule has 0 saturated heterocycles. The third-order valence-electron chi connectivity index (χ3n) is 12.2. The van der Waals surface area contributed by atoms with E-state index in [0.29, 0.717) is 0 Å². The Morgan fingerprint density at radius 2 is 0.918 bits per heavy atom. The highest BCUT2D eigenvalue weighted by atomic mass is 16.3. The maximum Gasteiger partial charge on any atom is 0.143 e. The van der Waals surface area contributed by atoms with Crippen LogP contribution < -0.4 is 4.90 Å². The van der Waals surface area contributed by atoms with Gasteiger partial charge in [-0.25, -0.2) is 0 Å². The Morgan fingerprint density at radius 1 is 0.344 bits per heavy atom. The molecule has 61 heavy (non-hydrogen) atoms. The first-order chi connectivity index (χ1) is 30.3. The molecule has 10 aromatic carbocycles. The molecule has 2 aromatic heterocycles. The van der Waals surface area contributed by atoms with E-state index in [4.69, 9.17) is 4.42 Å². The lowest BCUT2D eigenvalue weighted by molar-refractivity contribution is 0.670. The Bertz CT molecular complexity index is 3610. The van der Waals surface area contributed by atoms with Gasteiger partial charge in [-0.3, -0.25) is 0 Å². The van der Waals surface area contributed by atoms with Crippen molar-refractivity contribution in [2.75, 3.05) is 4.90 Å². The van der Waals surface area contributed by atoms with Gasteiger partial charge in [0, 0.05) is 43.8 Å². The molecule has 2 heterocycles. The van der Waals surface area contributed by atoms with Gasteiger partial charge in [-0.15, -0.1) is 0 Å². The van der Waals surface area contributed by atoms with Gasteiger partial charge in [0.15, 0.2) is 0 Å². The van der Waals surface area contributed by atoms with Crippen LogP contribution >= 0.6 is 0 Å². The summed E-state index contributed by atoms with van der Waals surface area (Å²) in [5.74, 6) is 0. The zero-order chi connectivity index (χ0) is 40.3. The second kappa shape index (κ2) is 14.3. The summed E-state index contributed by atoms with van der Waals surface area (Å²) < 4.78 is 9.08. The van der Waals surface area contributed by atoms with Crippen LogP contribution in [-0.4, -0.2) is 4.57 Å². The van der Waals surface area contributed by atoms with E-state index < -0.39 is 0 Å². The van der Waals surface area contributed by atoms with E-state index in [1.165, 1.54) is 27.1 Å². The number of furan rings is 1. The number of rotatable bonds is 7. The molecule has 0 fully saturated rings. The van der Waals surface area contributed by atoms with Crippen molar-refractivity contribution in [1.29, 1.82) is 0 Å². The highest BCUT2D eigenvalue weighted by Crippen LogP contribution is 2.49. The molecular weight excluding hydrogens is 741 g/mol. The van der Waals surface area contributed by atoms with E-state index in [9.17, 15) is 0 Å². The van der Waals surface area contributed by atoms with Gasteiger partial charge in [0.05, 0.1) is 33.8 Å². The van der Waals surface area contributed by atoms with E-state index >= 15 is 0 Å². The predicted molar refractivity (Wildman–Crippen MR) is 257 cm³/mol. The lowest BCUT2D eigenvalue weighted by Gasteiger charge is -2.30. The van der Waals surface area contributed by atoms with Crippen molar-refractivity contribution in [3.8, 4) is 39.1 Å². The Balaban J connectivity index is 1.15. The molecule has 0 spiro atoms. The van der Waals surface area contributed by atoms with Crippen molar-refractivity contribution in [2.24, 2.45) is 0 Å². The molecule has 0 aliphatic heterocycles. The summed E-state index contributed by atoms with van der Waals surface area (Å²) in [5.41, 5.74) is 15.2. The molecule has 3 heteroatoms. The van der Waals surface area contributed by atoms with E-state index in [-0.39, 0.29) is 0 Å². The number of para-hydroxylation sites is 6. The van der Waals surface area contributed by atoms with Gasteiger partial charge in [0.25, 0.3) is 0 Å². The highest BCUT2D eigenvalue weighted by molar-refractivity contribution is 6.18. The maximum atomic E-state index is 6.64. The molecule has 0 unspecified atom stereocenters. The van der Waals surface area contributed by atoms with Crippen molar-refractivity contribution < 1.29 is 4.42 Å². The molecular formula is C58H38N2O. The van der Waals surface area contributed by atoms with E-state index in [0.717, 1.165) is 83.5 Å². The molecule has 12 rings (SSSR count). The summed E-state index contributed by atoms with van der Waals surface area (Å²) in [4.78, 5) is 2.49. The minimum absolute atomic E-state index is 0.892. The van der Waals surface area contributed by atoms with Crippen molar-refractivity contribution >= 4 is 71.6 Å². The first-order valence-electron chi connectivity index (χ1n) is 20.9. The smallest absolute Gasteiger partial charge is 0.143 e. The van der Waals surface area contributed by atoms with Gasteiger partial charge in [0.1, 0.15) is 11.2 Å². The van der Waals surface area contributed by atoms with E-state index in [2.05, 4.69) is 234 Å². The van der Waals surface area contributed by atoms with Gasteiger partial charge in [-0.05, 0) is 70.4 Å². The molecule has 3 nitrogen and oxygen atoms in total. The zero-order valence-electron chi connectivity index (χ0n) is 33.2. The molecule has 0 bridgehead atoms. The summed E-state index contributed by atoms with van der Waals surface area (Å²) in [6, 6.07) is 83.0. The summed E-state index contributed by atoms with van der Waals surface area (Å²) in [6.45, 7) is 0. The molecule has 0 radical (unpaired) electrons. The topological polar surface area (TPSA) is 21.3 Å². The van der Waals surface area contributed by atoms with Gasteiger partial charge in [0.2, 0.25) is 0 Å². The fourth-order valence-electron chi connectivity index (χ4n) is 9.49. The number of hydrogen-bond donors (Lipinski definition) is 0. The maximum absolute atomic E-state index is 6.64. The normalized spacial score (nSPS) is 11.6. The molecule has 0 amide bonds. The SMILES string of the molecule is c1ccc(-c2ccccc2N(c2ccccc2-c2ccc3ccccc3c2)c2cccc3c2c2ccccc2n3-c2ccccc2-c2cccc3c2oc2ccccc23)cc1. The Hall–Kier alpha value is -8.14. The summed E-state index contributed by atoms with van der Waals surface area (Å²) in [7, 11) is 0. The summed E-state index contributed by atoms with van der Waals surface area (Å²) in [6.07, 6.45) is 0. The summed E-state index contributed by atoms with van der Waals surface area (Å²) in [5, 5.41) is 7.03. The number of aromatic nitrogens is 1. The lowest BCUT2D eigenvalue weighted by atomic mass is 9.96.